The van der Waals surface area contributed by atoms with E-state index >= 15 is 0 Å². The fourth-order valence-electron chi connectivity index (χ4n) is 2.30. The fraction of sp³-hybridized carbons (Fsp3) is 0.176. The van der Waals surface area contributed by atoms with Gasteiger partial charge in [-0.05, 0) is 29.5 Å². The van der Waals surface area contributed by atoms with Crippen LogP contribution in [0.15, 0.2) is 64.2 Å². The van der Waals surface area contributed by atoms with Crippen molar-refractivity contribution in [2.45, 2.75) is 11.5 Å². The minimum absolute atomic E-state index is 0.272. The van der Waals surface area contributed by atoms with Gasteiger partial charge in [0, 0.05) is 4.47 Å². The van der Waals surface area contributed by atoms with Gasteiger partial charge in [0.15, 0.2) is 10.5 Å². The first kappa shape index (κ1) is 17.5. The molecule has 3 rings (SSSR count). The van der Waals surface area contributed by atoms with Gasteiger partial charge in [-0.3, -0.25) is 4.79 Å². The van der Waals surface area contributed by atoms with E-state index in [0.29, 0.717) is 5.56 Å². The predicted molar refractivity (Wildman–Crippen MR) is 104 cm³/mol. The highest BCUT2D eigenvalue weighted by Crippen LogP contribution is 2.43. The first-order chi connectivity index (χ1) is 11.6. The van der Waals surface area contributed by atoms with E-state index < -0.39 is 12.0 Å². The maximum absolute atomic E-state index is 12.8. The maximum atomic E-state index is 12.8. The maximum Gasteiger partial charge on any atom is 0.277 e. The van der Waals surface area contributed by atoms with Gasteiger partial charge in [-0.15, -0.1) is 11.8 Å². The number of thioether (sulfide) groups is 2. The van der Waals surface area contributed by atoms with Crippen molar-refractivity contribution in [2.75, 3.05) is 6.26 Å². The Labute approximate surface area is 157 Å². The molecule has 0 aromatic heterocycles. The van der Waals surface area contributed by atoms with Crippen LogP contribution in [0, 0.1) is 0 Å². The average molecular weight is 423 g/mol. The summed E-state index contributed by atoms with van der Waals surface area (Å²) in [5, 5.41) is 15.9. The molecular formula is C17H15BrN2O2S2. The normalized spacial score (nSPS) is 18.4. The Hall–Kier alpha value is -1.28. The lowest BCUT2D eigenvalue weighted by Crippen LogP contribution is -2.31. The van der Waals surface area contributed by atoms with Crippen LogP contribution in [0.4, 0.5) is 0 Å². The minimum atomic E-state index is -1.23. The number of benzene rings is 2. The first-order valence-corrected chi connectivity index (χ1v) is 10.1. The highest BCUT2D eigenvalue weighted by atomic mass is 79.9. The van der Waals surface area contributed by atoms with Gasteiger partial charge in [0.1, 0.15) is 5.37 Å². The van der Waals surface area contributed by atoms with Crippen molar-refractivity contribution in [3.8, 4) is 0 Å². The summed E-state index contributed by atoms with van der Waals surface area (Å²) in [6.07, 6.45) is 0.696. The van der Waals surface area contributed by atoms with Gasteiger partial charge in [0.25, 0.3) is 5.91 Å². The second-order valence-corrected chi connectivity index (χ2v) is 8.13. The van der Waals surface area contributed by atoms with Crippen LogP contribution in [-0.4, -0.2) is 26.7 Å². The number of amides is 1. The Balaban J connectivity index is 1.88. The molecule has 1 heterocycles. The molecule has 2 atom stereocenters. The molecule has 7 heteroatoms. The Morgan fingerprint density at radius 2 is 1.92 bits per heavy atom. The van der Waals surface area contributed by atoms with Crippen LogP contribution < -0.4 is 0 Å². The van der Waals surface area contributed by atoms with Crippen molar-refractivity contribution in [1.29, 1.82) is 0 Å². The van der Waals surface area contributed by atoms with Crippen LogP contribution in [0.25, 0.3) is 0 Å². The van der Waals surface area contributed by atoms with Crippen LogP contribution >= 0.6 is 39.5 Å². The van der Waals surface area contributed by atoms with Gasteiger partial charge in [-0.2, -0.15) is 5.10 Å². The smallest absolute Gasteiger partial charge is 0.277 e. The van der Waals surface area contributed by atoms with Crippen molar-refractivity contribution in [3.05, 3.63) is 70.2 Å². The van der Waals surface area contributed by atoms with Gasteiger partial charge in [0.2, 0.25) is 0 Å². The van der Waals surface area contributed by atoms with Crippen molar-refractivity contribution in [1.82, 2.24) is 5.01 Å². The van der Waals surface area contributed by atoms with E-state index in [9.17, 15) is 9.90 Å². The number of hydrogen-bond donors (Lipinski definition) is 1. The van der Waals surface area contributed by atoms with E-state index in [4.69, 9.17) is 0 Å². The third kappa shape index (κ3) is 3.69. The van der Waals surface area contributed by atoms with E-state index in [0.717, 1.165) is 14.4 Å². The predicted octanol–water partition coefficient (Wildman–Crippen LogP) is 4.39. The molecule has 0 saturated carbocycles. The fourth-order valence-corrected chi connectivity index (χ4v) is 4.27. The third-order valence-corrected chi connectivity index (χ3v) is 6.26. The summed E-state index contributed by atoms with van der Waals surface area (Å²) in [6, 6.07) is 16.7. The first-order valence-electron chi connectivity index (χ1n) is 7.21. The molecular weight excluding hydrogens is 408 g/mol. The zero-order chi connectivity index (χ0) is 17.1. The van der Waals surface area contributed by atoms with Gasteiger partial charge in [-0.25, -0.2) is 5.01 Å². The van der Waals surface area contributed by atoms with Crippen LogP contribution in [0.5, 0.6) is 0 Å². The molecule has 1 N–H and O–H groups in total. The molecule has 0 radical (unpaired) electrons. The molecule has 24 heavy (non-hydrogen) atoms. The lowest BCUT2D eigenvalue weighted by Gasteiger charge is -2.23. The summed E-state index contributed by atoms with van der Waals surface area (Å²) in [4.78, 5) is 12.8. The van der Waals surface area contributed by atoms with E-state index in [2.05, 4.69) is 21.0 Å². The minimum Gasteiger partial charge on any atom is -0.378 e. The summed E-state index contributed by atoms with van der Waals surface area (Å²) in [5.41, 5.74) is 1.53. The number of nitrogens with zero attached hydrogens (tertiary/aromatic N) is 2. The molecule has 2 aromatic carbocycles. The number of carbonyl (C=O) groups excluding carboxylic acids is 1. The SMILES string of the molecule is CSC1=NN(C(=O)[C@H](O)c2ccccc2)[C@@H](c2ccc(Br)cc2)S1. The summed E-state index contributed by atoms with van der Waals surface area (Å²) < 4.78 is 1.78. The van der Waals surface area contributed by atoms with Gasteiger partial charge < -0.3 is 5.11 Å². The molecule has 1 amide bonds. The number of hydrazone groups is 1. The second-order valence-electron chi connectivity index (χ2n) is 5.09. The van der Waals surface area contributed by atoms with Gasteiger partial charge in [0.05, 0.1) is 0 Å². The number of aliphatic hydroxyl groups is 1. The van der Waals surface area contributed by atoms with Crippen molar-refractivity contribution < 1.29 is 9.90 Å². The van der Waals surface area contributed by atoms with Crippen molar-refractivity contribution in [2.24, 2.45) is 5.10 Å². The molecule has 1 aliphatic rings. The lowest BCUT2D eigenvalue weighted by molar-refractivity contribution is -0.141. The molecule has 0 bridgehead atoms. The zero-order valence-corrected chi connectivity index (χ0v) is 16.0. The van der Waals surface area contributed by atoms with Crippen molar-refractivity contribution >= 4 is 49.7 Å². The Kier molecular flexibility index (Phi) is 5.65. The summed E-state index contributed by atoms with van der Waals surface area (Å²) >= 11 is 6.42. The Bertz CT molecular complexity index is 753. The molecule has 0 saturated heterocycles. The third-order valence-electron chi connectivity index (χ3n) is 3.53. The van der Waals surface area contributed by atoms with Crippen molar-refractivity contribution in [3.63, 3.8) is 0 Å². The molecule has 1 aliphatic heterocycles. The zero-order valence-electron chi connectivity index (χ0n) is 12.8. The number of aliphatic hydroxyl groups excluding tert-OH is 1. The number of halogens is 1. The number of carbonyl (C=O) groups is 1. The topological polar surface area (TPSA) is 52.9 Å². The standard InChI is InChI=1S/C17H15BrN2O2S2/c1-23-17-19-20(15(22)14(21)11-5-3-2-4-6-11)16(24-17)12-7-9-13(18)10-8-12/h2-10,14,16,21H,1H3/t14-,16-/m1/s1. The largest absolute Gasteiger partial charge is 0.378 e. The molecule has 124 valence electrons. The van der Waals surface area contributed by atoms with Gasteiger partial charge in [-0.1, -0.05) is 70.2 Å². The second kappa shape index (κ2) is 7.74. The molecule has 0 unspecified atom stereocenters. The highest BCUT2D eigenvalue weighted by molar-refractivity contribution is 9.10. The number of hydrogen-bond acceptors (Lipinski definition) is 5. The van der Waals surface area contributed by atoms with E-state index in [-0.39, 0.29) is 5.37 Å². The number of rotatable bonds is 3. The summed E-state index contributed by atoms with van der Waals surface area (Å²) in [5.74, 6) is -0.425. The van der Waals surface area contributed by atoms with E-state index in [1.807, 2.05) is 36.6 Å². The van der Waals surface area contributed by atoms with Crippen LogP contribution in [-0.2, 0) is 4.79 Å². The van der Waals surface area contributed by atoms with Crippen LogP contribution in [0.3, 0.4) is 0 Å². The quantitative estimate of drug-likeness (QED) is 0.796. The van der Waals surface area contributed by atoms with E-state index in [1.165, 1.54) is 28.5 Å². The summed E-state index contributed by atoms with van der Waals surface area (Å²) in [6.45, 7) is 0. The Morgan fingerprint density at radius 1 is 1.25 bits per heavy atom. The monoisotopic (exact) mass is 422 g/mol. The molecule has 0 aliphatic carbocycles. The van der Waals surface area contributed by atoms with E-state index in [1.54, 1.807) is 24.3 Å². The van der Waals surface area contributed by atoms with Crippen LogP contribution in [0.1, 0.15) is 22.6 Å². The van der Waals surface area contributed by atoms with Gasteiger partial charge >= 0.3 is 0 Å². The highest BCUT2D eigenvalue weighted by Gasteiger charge is 2.36. The lowest BCUT2D eigenvalue weighted by atomic mass is 10.1. The van der Waals surface area contributed by atoms with Crippen LogP contribution in [0.2, 0.25) is 0 Å². The molecule has 4 nitrogen and oxygen atoms in total. The summed E-state index contributed by atoms with van der Waals surface area (Å²) in [7, 11) is 0. The average Bonchev–Trinajstić information content (AvgIpc) is 3.06. The molecule has 2 aromatic rings. The molecule has 0 fully saturated rings. The Morgan fingerprint density at radius 3 is 2.54 bits per heavy atom. The molecule has 0 spiro atoms.